The average Bonchev–Trinajstić information content (AvgIpc) is 2.29. The maximum Gasteiger partial charge on any atom is 0.248 e. The van der Waals surface area contributed by atoms with E-state index in [0.29, 0.717) is 19.5 Å². The van der Waals surface area contributed by atoms with Crippen LogP contribution in [0.2, 0.25) is 0 Å². The summed E-state index contributed by atoms with van der Waals surface area (Å²) in [6.07, 6.45) is 5.37. The van der Waals surface area contributed by atoms with Crippen LogP contribution in [0.4, 0.5) is 0 Å². The summed E-state index contributed by atoms with van der Waals surface area (Å²) in [4.78, 5) is 14.0. The van der Waals surface area contributed by atoms with Gasteiger partial charge < -0.3 is 4.98 Å². The molecular weight excluding hydrogens is 240 g/mol. The standard InChI is InChI=1S/C11H14N2O3S/c1-9-3-2-6-13(8-9)17(15,16)11-7-12-5-4-10(11)14/h3-5,7H,2,6,8H2,1H3,(H,12,14). The second-order valence-electron chi connectivity index (χ2n) is 4.05. The first-order valence-electron chi connectivity index (χ1n) is 5.35. The van der Waals surface area contributed by atoms with Crippen molar-refractivity contribution in [2.24, 2.45) is 0 Å². The zero-order chi connectivity index (χ0) is 12.5. The number of pyridine rings is 1. The minimum atomic E-state index is -3.68. The molecule has 0 saturated carbocycles. The molecule has 1 aromatic heterocycles. The van der Waals surface area contributed by atoms with Crippen LogP contribution in [0.15, 0.2) is 39.8 Å². The van der Waals surface area contributed by atoms with Crippen LogP contribution in [0.1, 0.15) is 13.3 Å². The largest absolute Gasteiger partial charge is 0.366 e. The highest BCUT2D eigenvalue weighted by Crippen LogP contribution is 2.17. The Labute approximate surface area is 99.8 Å². The van der Waals surface area contributed by atoms with Crippen molar-refractivity contribution in [1.29, 1.82) is 0 Å². The van der Waals surface area contributed by atoms with E-state index in [1.807, 2.05) is 13.0 Å². The van der Waals surface area contributed by atoms with Gasteiger partial charge in [-0.3, -0.25) is 4.79 Å². The fraction of sp³-hybridized carbons (Fsp3) is 0.364. The molecule has 0 unspecified atom stereocenters. The van der Waals surface area contributed by atoms with Gasteiger partial charge in [-0.05, 0) is 13.3 Å². The molecule has 1 aliphatic heterocycles. The van der Waals surface area contributed by atoms with E-state index >= 15 is 0 Å². The molecular formula is C11H14N2O3S. The van der Waals surface area contributed by atoms with Crippen molar-refractivity contribution >= 4 is 10.0 Å². The second-order valence-corrected chi connectivity index (χ2v) is 5.96. The zero-order valence-corrected chi connectivity index (χ0v) is 10.3. The van der Waals surface area contributed by atoms with Gasteiger partial charge in [-0.15, -0.1) is 0 Å². The predicted octanol–water partition coefficient (Wildman–Crippen LogP) is 0.716. The monoisotopic (exact) mass is 254 g/mol. The van der Waals surface area contributed by atoms with Crippen molar-refractivity contribution in [2.75, 3.05) is 13.1 Å². The summed E-state index contributed by atoms with van der Waals surface area (Å²) in [5.74, 6) is 0. The molecule has 0 radical (unpaired) electrons. The van der Waals surface area contributed by atoms with Gasteiger partial charge in [-0.25, -0.2) is 8.42 Å². The number of H-pyrrole nitrogens is 1. The molecule has 6 heteroatoms. The van der Waals surface area contributed by atoms with E-state index in [0.717, 1.165) is 5.57 Å². The SMILES string of the molecule is CC1=CCCN(S(=O)(=O)c2c[nH]ccc2=O)C1. The fourth-order valence-corrected chi connectivity index (χ4v) is 3.36. The Morgan fingerprint density at radius 3 is 2.82 bits per heavy atom. The van der Waals surface area contributed by atoms with Gasteiger partial charge >= 0.3 is 0 Å². The highest BCUT2D eigenvalue weighted by atomic mass is 32.2. The quantitative estimate of drug-likeness (QED) is 0.790. The molecule has 0 amide bonds. The number of hydrogen-bond donors (Lipinski definition) is 1. The van der Waals surface area contributed by atoms with Crippen LogP contribution in [0.5, 0.6) is 0 Å². The topological polar surface area (TPSA) is 70.2 Å². The third-order valence-electron chi connectivity index (χ3n) is 2.70. The van der Waals surface area contributed by atoms with Crippen molar-refractivity contribution < 1.29 is 8.42 Å². The third kappa shape index (κ3) is 2.32. The number of aromatic nitrogens is 1. The van der Waals surface area contributed by atoms with Gasteiger partial charge in [0.25, 0.3) is 0 Å². The molecule has 2 rings (SSSR count). The highest BCUT2D eigenvalue weighted by Gasteiger charge is 2.27. The number of rotatable bonds is 2. The summed E-state index contributed by atoms with van der Waals surface area (Å²) < 4.78 is 25.8. The number of aromatic amines is 1. The Bertz CT molecular complexity index is 601. The molecule has 92 valence electrons. The molecule has 5 nitrogen and oxygen atoms in total. The molecule has 0 aromatic carbocycles. The molecule has 1 aliphatic rings. The highest BCUT2D eigenvalue weighted by molar-refractivity contribution is 7.89. The molecule has 0 atom stereocenters. The third-order valence-corrected chi connectivity index (χ3v) is 4.57. The van der Waals surface area contributed by atoms with E-state index in [9.17, 15) is 13.2 Å². The zero-order valence-electron chi connectivity index (χ0n) is 9.51. The number of sulfonamides is 1. The smallest absolute Gasteiger partial charge is 0.248 e. The van der Waals surface area contributed by atoms with Gasteiger partial charge in [0.15, 0.2) is 0 Å². The summed E-state index contributed by atoms with van der Waals surface area (Å²) in [7, 11) is -3.68. The summed E-state index contributed by atoms with van der Waals surface area (Å²) in [5, 5.41) is 0. The van der Waals surface area contributed by atoms with Gasteiger partial charge in [0.2, 0.25) is 15.5 Å². The molecule has 0 saturated heterocycles. The normalized spacial score (nSPS) is 17.8. The average molecular weight is 254 g/mol. The lowest BCUT2D eigenvalue weighted by Crippen LogP contribution is -2.37. The van der Waals surface area contributed by atoms with Crippen molar-refractivity contribution in [3.05, 3.63) is 40.3 Å². The Kier molecular flexibility index (Phi) is 3.17. The van der Waals surface area contributed by atoms with Crippen LogP contribution in [0.25, 0.3) is 0 Å². The summed E-state index contributed by atoms with van der Waals surface area (Å²) >= 11 is 0. The molecule has 17 heavy (non-hydrogen) atoms. The Balaban J connectivity index is 2.41. The van der Waals surface area contributed by atoms with Crippen LogP contribution < -0.4 is 5.43 Å². The number of nitrogens with one attached hydrogen (secondary N) is 1. The van der Waals surface area contributed by atoms with Gasteiger partial charge in [0.1, 0.15) is 4.90 Å². The summed E-state index contributed by atoms with van der Waals surface area (Å²) in [6.45, 7) is 2.67. The molecule has 2 heterocycles. The Morgan fingerprint density at radius 2 is 2.18 bits per heavy atom. The number of nitrogens with zero attached hydrogens (tertiary/aromatic N) is 1. The first kappa shape index (κ1) is 12.1. The maximum absolute atomic E-state index is 12.2. The second kappa shape index (κ2) is 4.46. The Morgan fingerprint density at radius 1 is 1.41 bits per heavy atom. The van der Waals surface area contributed by atoms with Crippen LogP contribution >= 0.6 is 0 Å². The van der Waals surface area contributed by atoms with Gasteiger partial charge in [0, 0.05) is 31.5 Å². The molecule has 0 spiro atoms. The first-order valence-corrected chi connectivity index (χ1v) is 6.79. The van der Waals surface area contributed by atoms with E-state index in [1.165, 1.54) is 22.8 Å². The molecule has 0 fully saturated rings. The van der Waals surface area contributed by atoms with Crippen LogP contribution in [-0.2, 0) is 10.0 Å². The van der Waals surface area contributed by atoms with Crippen LogP contribution in [0, 0.1) is 0 Å². The summed E-state index contributed by atoms with van der Waals surface area (Å²) in [6, 6.07) is 1.22. The Hall–Kier alpha value is -1.40. The fourth-order valence-electron chi connectivity index (χ4n) is 1.82. The lowest BCUT2D eigenvalue weighted by atomic mass is 10.2. The molecule has 0 bridgehead atoms. The van der Waals surface area contributed by atoms with Crippen molar-refractivity contribution in [3.63, 3.8) is 0 Å². The van der Waals surface area contributed by atoms with Gasteiger partial charge in [-0.1, -0.05) is 11.6 Å². The molecule has 0 aliphatic carbocycles. The van der Waals surface area contributed by atoms with Gasteiger partial charge in [-0.2, -0.15) is 4.31 Å². The summed E-state index contributed by atoms with van der Waals surface area (Å²) in [5.41, 5.74) is 0.531. The van der Waals surface area contributed by atoms with Crippen molar-refractivity contribution in [3.8, 4) is 0 Å². The minimum absolute atomic E-state index is 0.185. The minimum Gasteiger partial charge on any atom is -0.366 e. The lowest BCUT2D eigenvalue weighted by Gasteiger charge is -2.24. The van der Waals surface area contributed by atoms with Crippen molar-refractivity contribution in [2.45, 2.75) is 18.2 Å². The lowest BCUT2D eigenvalue weighted by molar-refractivity contribution is 0.427. The predicted molar refractivity (Wildman–Crippen MR) is 64.2 cm³/mol. The van der Waals surface area contributed by atoms with E-state index in [2.05, 4.69) is 4.98 Å². The van der Waals surface area contributed by atoms with Crippen molar-refractivity contribution in [1.82, 2.24) is 9.29 Å². The maximum atomic E-state index is 12.2. The van der Waals surface area contributed by atoms with Gasteiger partial charge in [0.05, 0.1) is 0 Å². The van der Waals surface area contributed by atoms with Crippen LogP contribution in [-0.4, -0.2) is 30.8 Å². The van der Waals surface area contributed by atoms with Crippen LogP contribution in [0.3, 0.4) is 0 Å². The first-order chi connectivity index (χ1) is 8.01. The van der Waals surface area contributed by atoms with E-state index in [4.69, 9.17) is 0 Å². The van der Waals surface area contributed by atoms with E-state index in [-0.39, 0.29) is 4.90 Å². The molecule has 1 aromatic rings. The van der Waals surface area contributed by atoms with E-state index in [1.54, 1.807) is 0 Å². The number of hydrogen-bond acceptors (Lipinski definition) is 3. The van der Waals surface area contributed by atoms with E-state index < -0.39 is 15.5 Å². The molecule has 1 N–H and O–H groups in total.